The molecule has 2 aromatic rings. The summed E-state index contributed by atoms with van der Waals surface area (Å²) in [5.74, 6) is 0.580. The van der Waals surface area contributed by atoms with E-state index >= 15 is 0 Å². The predicted octanol–water partition coefficient (Wildman–Crippen LogP) is 4.75. The van der Waals surface area contributed by atoms with Gasteiger partial charge in [0.1, 0.15) is 0 Å². The van der Waals surface area contributed by atoms with Gasteiger partial charge < -0.3 is 9.26 Å². The lowest BCUT2D eigenvalue weighted by molar-refractivity contribution is 0.103. The Kier molecular flexibility index (Phi) is 5.58. The number of ketones is 1. The van der Waals surface area contributed by atoms with E-state index in [2.05, 4.69) is 5.16 Å². The van der Waals surface area contributed by atoms with Gasteiger partial charge in [-0.25, -0.2) is 4.79 Å². The molecule has 1 aromatic carbocycles. The topological polar surface area (TPSA) is 72.6 Å². The first kappa shape index (κ1) is 18.8. The monoisotopic (exact) mass is 394 g/mol. The summed E-state index contributed by atoms with van der Waals surface area (Å²) in [4.78, 5) is 27.6. The van der Waals surface area contributed by atoms with Crippen LogP contribution in [0.15, 0.2) is 27.7 Å². The van der Waals surface area contributed by atoms with Crippen molar-refractivity contribution in [2.75, 3.05) is 24.8 Å². The highest BCUT2D eigenvalue weighted by Crippen LogP contribution is 2.43. The van der Waals surface area contributed by atoms with Crippen LogP contribution < -0.4 is 4.90 Å². The summed E-state index contributed by atoms with van der Waals surface area (Å²) in [6, 6.07) is 3.46. The number of halogens is 1. The number of rotatable bonds is 6. The molecule has 1 aliphatic carbocycles. The summed E-state index contributed by atoms with van der Waals surface area (Å²) in [5, 5.41) is 4.14. The lowest BCUT2D eigenvalue weighted by Crippen LogP contribution is -2.32. The number of methoxy groups -OCH3 is 1. The fourth-order valence-corrected chi connectivity index (χ4v) is 3.82. The second-order valence-corrected chi connectivity index (χ2v) is 7.13. The molecule has 1 aliphatic rings. The minimum atomic E-state index is -0.575. The van der Waals surface area contributed by atoms with Crippen molar-refractivity contribution in [3.8, 4) is 0 Å². The number of carbonyl (C=O) groups excluding carboxylic acids is 2. The standard InChI is InChI=1S/C18H19ClN2O4S/c1-4-21(18(23)24-2)15-11(7-8-13(26-3)14(15)19)16(22)12-9-20-25-17(12)10-5-6-10/h7-10H,4-6H2,1-3H3. The summed E-state index contributed by atoms with van der Waals surface area (Å²) in [7, 11) is 1.30. The predicted molar refractivity (Wildman–Crippen MR) is 101 cm³/mol. The molecule has 138 valence electrons. The van der Waals surface area contributed by atoms with Gasteiger partial charge in [0.25, 0.3) is 0 Å². The van der Waals surface area contributed by atoms with E-state index in [4.69, 9.17) is 20.9 Å². The molecular formula is C18H19ClN2O4S. The van der Waals surface area contributed by atoms with Gasteiger partial charge in [0.2, 0.25) is 0 Å². The quantitative estimate of drug-likeness (QED) is 0.520. The zero-order valence-electron chi connectivity index (χ0n) is 14.7. The first-order valence-electron chi connectivity index (χ1n) is 8.24. The number of nitrogens with zero attached hydrogens (tertiary/aromatic N) is 2. The molecule has 0 N–H and O–H groups in total. The average Bonchev–Trinajstić information content (AvgIpc) is 3.39. The Morgan fingerprint density at radius 3 is 2.69 bits per heavy atom. The van der Waals surface area contributed by atoms with Gasteiger partial charge in [-0.3, -0.25) is 9.69 Å². The highest BCUT2D eigenvalue weighted by atomic mass is 35.5. The Morgan fingerprint density at radius 1 is 1.38 bits per heavy atom. The molecule has 1 amide bonds. The normalized spacial score (nSPS) is 13.5. The van der Waals surface area contributed by atoms with Crippen molar-refractivity contribution in [2.24, 2.45) is 0 Å². The van der Waals surface area contributed by atoms with Gasteiger partial charge in [0, 0.05) is 22.9 Å². The number of aromatic nitrogens is 1. The van der Waals surface area contributed by atoms with Crippen LogP contribution >= 0.6 is 23.4 Å². The third-order valence-electron chi connectivity index (χ3n) is 4.32. The van der Waals surface area contributed by atoms with E-state index in [-0.39, 0.29) is 11.7 Å². The van der Waals surface area contributed by atoms with Crippen molar-refractivity contribution in [3.05, 3.63) is 40.2 Å². The first-order chi connectivity index (χ1) is 12.5. The molecule has 6 nitrogen and oxygen atoms in total. The molecule has 26 heavy (non-hydrogen) atoms. The number of amides is 1. The minimum Gasteiger partial charge on any atom is -0.452 e. The second-order valence-electron chi connectivity index (χ2n) is 5.90. The Morgan fingerprint density at radius 2 is 2.12 bits per heavy atom. The van der Waals surface area contributed by atoms with Crippen LogP contribution in [0.2, 0.25) is 5.02 Å². The van der Waals surface area contributed by atoms with Crippen LogP contribution in [0.5, 0.6) is 0 Å². The van der Waals surface area contributed by atoms with E-state index in [9.17, 15) is 9.59 Å². The van der Waals surface area contributed by atoms with Crippen LogP contribution in [0.4, 0.5) is 10.5 Å². The van der Waals surface area contributed by atoms with E-state index in [0.717, 1.165) is 17.7 Å². The van der Waals surface area contributed by atoms with Gasteiger partial charge in [-0.1, -0.05) is 16.8 Å². The van der Waals surface area contributed by atoms with Crippen LogP contribution in [0, 0.1) is 0 Å². The van der Waals surface area contributed by atoms with E-state index in [1.807, 2.05) is 6.26 Å². The molecule has 0 radical (unpaired) electrons. The molecule has 0 aliphatic heterocycles. The molecule has 0 atom stereocenters. The largest absolute Gasteiger partial charge is 0.452 e. The number of hydrogen-bond acceptors (Lipinski definition) is 6. The Hall–Kier alpha value is -1.99. The molecule has 0 bridgehead atoms. The molecule has 1 aromatic heterocycles. The lowest BCUT2D eigenvalue weighted by Gasteiger charge is -2.24. The van der Waals surface area contributed by atoms with Crippen molar-refractivity contribution in [2.45, 2.75) is 30.6 Å². The number of hydrogen-bond donors (Lipinski definition) is 0. The molecule has 0 unspecified atom stereocenters. The summed E-state index contributed by atoms with van der Waals surface area (Å²) in [5.41, 5.74) is 1.09. The SMILES string of the molecule is CCN(C(=O)OC)c1c(C(=O)c2cnoc2C2CC2)ccc(SC)c1Cl. The van der Waals surface area contributed by atoms with E-state index < -0.39 is 6.09 Å². The molecule has 1 heterocycles. The highest BCUT2D eigenvalue weighted by Gasteiger charge is 2.34. The molecule has 0 spiro atoms. The Bertz CT molecular complexity index is 848. The minimum absolute atomic E-state index is 0.240. The average molecular weight is 395 g/mol. The zero-order valence-corrected chi connectivity index (χ0v) is 16.3. The number of anilines is 1. The van der Waals surface area contributed by atoms with Gasteiger partial charge in [0.05, 0.1) is 29.6 Å². The lowest BCUT2D eigenvalue weighted by atomic mass is 10.00. The van der Waals surface area contributed by atoms with E-state index in [1.165, 1.54) is 30.0 Å². The van der Waals surface area contributed by atoms with Gasteiger partial charge in [-0.2, -0.15) is 0 Å². The van der Waals surface area contributed by atoms with Gasteiger partial charge in [-0.05, 0) is 38.2 Å². The zero-order chi connectivity index (χ0) is 18.8. The van der Waals surface area contributed by atoms with Crippen LogP contribution in [-0.2, 0) is 4.74 Å². The molecule has 1 saturated carbocycles. The first-order valence-corrected chi connectivity index (χ1v) is 9.84. The van der Waals surface area contributed by atoms with Crippen LogP contribution in [0.25, 0.3) is 0 Å². The van der Waals surface area contributed by atoms with E-state index in [1.54, 1.807) is 19.1 Å². The van der Waals surface area contributed by atoms with E-state index in [0.29, 0.717) is 34.1 Å². The number of benzene rings is 1. The van der Waals surface area contributed by atoms with Crippen molar-refractivity contribution >= 4 is 40.9 Å². The summed E-state index contributed by atoms with van der Waals surface area (Å²) in [6.07, 6.45) is 4.71. The van der Waals surface area contributed by atoms with Gasteiger partial charge in [-0.15, -0.1) is 11.8 Å². The van der Waals surface area contributed by atoms with Crippen molar-refractivity contribution in [3.63, 3.8) is 0 Å². The maximum Gasteiger partial charge on any atom is 0.414 e. The molecule has 1 fully saturated rings. The van der Waals surface area contributed by atoms with Crippen molar-refractivity contribution < 1.29 is 18.8 Å². The van der Waals surface area contributed by atoms with Crippen LogP contribution in [0.1, 0.15) is 47.4 Å². The summed E-state index contributed by atoms with van der Waals surface area (Å²) in [6.45, 7) is 2.10. The molecular weight excluding hydrogens is 376 g/mol. The van der Waals surface area contributed by atoms with Crippen molar-refractivity contribution in [1.29, 1.82) is 0 Å². The smallest absolute Gasteiger partial charge is 0.414 e. The number of ether oxygens (including phenoxy) is 1. The highest BCUT2D eigenvalue weighted by molar-refractivity contribution is 7.98. The number of carbonyl (C=O) groups is 2. The Balaban J connectivity index is 2.14. The van der Waals surface area contributed by atoms with Crippen LogP contribution in [0.3, 0.4) is 0 Å². The Labute approximate surface area is 160 Å². The summed E-state index contributed by atoms with van der Waals surface area (Å²) < 4.78 is 10.2. The number of thioether (sulfide) groups is 1. The van der Waals surface area contributed by atoms with Gasteiger partial charge >= 0.3 is 6.09 Å². The maximum absolute atomic E-state index is 13.2. The van der Waals surface area contributed by atoms with Crippen molar-refractivity contribution in [1.82, 2.24) is 5.16 Å². The maximum atomic E-state index is 13.2. The third-order valence-corrected chi connectivity index (χ3v) is 5.59. The summed E-state index contributed by atoms with van der Waals surface area (Å²) >= 11 is 7.99. The fourth-order valence-electron chi connectivity index (χ4n) is 2.84. The fraction of sp³-hybridized carbons (Fsp3) is 0.389. The molecule has 8 heteroatoms. The molecule has 3 rings (SSSR count). The second kappa shape index (κ2) is 7.72. The van der Waals surface area contributed by atoms with Crippen LogP contribution in [-0.4, -0.2) is 36.9 Å². The molecule has 0 saturated heterocycles. The van der Waals surface area contributed by atoms with Gasteiger partial charge in [0.15, 0.2) is 11.5 Å². The third kappa shape index (κ3) is 3.33.